The molecule has 0 aliphatic carbocycles. The van der Waals surface area contributed by atoms with Crippen molar-refractivity contribution >= 4 is 40.2 Å². The molecule has 0 aliphatic heterocycles. The minimum Gasteiger partial charge on any atom is -0.495 e. The number of benzene rings is 1. The van der Waals surface area contributed by atoms with Crippen LogP contribution in [-0.4, -0.2) is 34.5 Å². The second-order valence-electron chi connectivity index (χ2n) is 4.66. The third-order valence-electron chi connectivity index (χ3n) is 2.89. The van der Waals surface area contributed by atoms with Gasteiger partial charge in [-0.1, -0.05) is 16.8 Å². The highest BCUT2D eigenvalue weighted by Crippen LogP contribution is 2.30. The molecule has 0 unspecified atom stereocenters. The van der Waals surface area contributed by atoms with Gasteiger partial charge in [0.15, 0.2) is 11.1 Å². The molecule has 0 saturated heterocycles. The molecule has 11 heteroatoms. The van der Waals surface area contributed by atoms with Crippen molar-refractivity contribution in [3.8, 4) is 5.75 Å². The first-order chi connectivity index (χ1) is 12.2. The molecule has 2 N–H and O–H groups in total. The van der Waals surface area contributed by atoms with Crippen molar-refractivity contribution in [3.05, 3.63) is 41.6 Å². The number of carboxylic acid groups (broad SMARTS) is 1. The van der Waals surface area contributed by atoms with E-state index in [1.165, 1.54) is 0 Å². The van der Waals surface area contributed by atoms with Gasteiger partial charge in [-0.05, 0) is 24.3 Å². The fraction of sp³-hybridized carbons (Fsp3) is 0.133. The number of nitrogens with one attached hydrogen (secondary N) is 1. The summed E-state index contributed by atoms with van der Waals surface area (Å²) in [6.45, 7) is 0. The molecule has 0 atom stereocenters. The molecule has 0 fully saturated rings. The summed E-state index contributed by atoms with van der Waals surface area (Å²) in [6.07, 6.45) is -3.40. The Morgan fingerprint density at radius 2 is 2.04 bits per heavy atom. The molecule has 0 bridgehead atoms. The summed E-state index contributed by atoms with van der Waals surface area (Å²) in [4.78, 5) is 13.1. The molecule has 2 aromatic heterocycles. The molecule has 0 amide bonds. The standard InChI is InChI=1S/C13H10ClN3O2.C2HF3O2/c1-18-11-7-8(4-5-9(11)14)16-13-12-10(19-17-13)3-2-6-15-12;3-2(4,5)1(6)7/h2-7H,1H3,(H,16,17);(H,6,7). The summed E-state index contributed by atoms with van der Waals surface area (Å²) in [5.41, 5.74) is 2.10. The van der Waals surface area contributed by atoms with E-state index in [9.17, 15) is 13.2 Å². The Bertz CT molecular complexity index is 915. The van der Waals surface area contributed by atoms with E-state index in [2.05, 4.69) is 15.5 Å². The van der Waals surface area contributed by atoms with Crippen molar-refractivity contribution in [1.29, 1.82) is 0 Å². The Hall–Kier alpha value is -3.01. The van der Waals surface area contributed by atoms with E-state index >= 15 is 0 Å². The summed E-state index contributed by atoms with van der Waals surface area (Å²) in [5.74, 6) is -1.61. The number of ether oxygens (including phenoxy) is 1. The zero-order valence-electron chi connectivity index (χ0n) is 13.0. The van der Waals surface area contributed by atoms with Crippen LogP contribution in [0.2, 0.25) is 5.02 Å². The van der Waals surface area contributed by atoms with E-state index in [-0.39, 0.29) is 0 Å². The Morgan fingerprint density at radius 1 is 1.35 bits per heavy atom. The van der Waals surface area contributed by atoms with Crippen molar-refractivity contribution in [2.45, 2.75) is 6.18 Å². The number of halogens is 4. The highest BCUT2D eigenvalue weighted by molar-refractivity contribution is 6.32. The van der Waals surface area contributed by atoms with Gasteiger partial charge >= 0.3 is 12.1 Å². The lowest BCUT2D eigenvalue weighted by Crippen LogP contribution is -2.21. The molecule has 0 radical (unpaired) electrons. The van der Waals surface area contributed by atoms with Gasteiger partial charge in [0, 0.05) is 18.0 Å². The number of hydrogen-bond donors (Lipinski definition) is 2. The topological polar surface area (TPSA) is 97.5 Å². The van der Waals surface area contributed by atoms with Gasteiger partial charge in [0.05, 0.1) is 12.1 Å². The van der Waals surface area contributed by atoms with Gasteiger partial charge < -0.3 is 19.7 Å². The maximum absolute atomic E-state index is 10.6. The highest BCUT2D eigenvalue weighted by atomic mass is 35.5. The monoisotopic (exact) mass is 389 g/mol. The first-order valence-electron chi connectivity index (χ1n) is 6.83. The van der Waals surface area contributed by atoms with Gasteiger partial charge in [-0.15, -0.1) is 0 Å². The SMILES string of the molecule is COc1cc(Nc2noc3cccnc23)ccc1Cl.O=C(O)C(F)(F)F. The van der Waals surface area contributed by atoms with Gasteiger partial charge in [0.2, 0.25) is 5.82 Å². The predicted octanol–water partition coefficient (Wildman–Crippen LogP) is 4.26. The lowest BCUT2D eigenvalue weighted by Gasteiger charge is -2.06. The van der Waals surface area contributed by atoms with Crippen LogP contribution in [0.1, 0.15) is 0 Å². The minimum atomic E-state index is -5.08. The number of rotatable bonds is 3. The number of anilines is 2. The largest absolute Gasteiger partial charge is 0.495 e. The van der Waals surface area contributed by atoms with Crippen LogP contribution in [0.15, 0.2) is 41.1 Å². The van der Waals surface area contributed by atoms with Crippen molar-refractivity contribution in [2.24, 2.45) is 0 Å². The van der Waals surface area contributed by atoms with Crippen LogP contribution in [0.25, 0.3) is 11.1 Å². The van der Waals surface area contributed by atoms with Crippen molar-refractivity contribution in [1.82, 2.24) is 10.1 Å². The third-order valence-corrected chi connectivity index (χ3v) is 3.20. The Kier molecular flexibility index (Phi) is 5.88. The molecule has 3 rings (SSSR count). The van der Waals surface area contributed by atoms with Gasteiger partial charge in [-0.3, -0.25) is 0 Å². The fourth-order valence-electron chi connectivity index (χ4n) is 1.74. The molecular formula is C15H11ClF3N3O4. The summed E-state index contributed by atoms with van der Waals surface area (Å²) < 4.78 is 42.1. The third kappa shape index (κ3) is 4.76. The number of carbonyl (C=O) groups is 1. The number of hydrogen-bond acceptors (Lipinski definition) is 6. The number of fused-ring (bicyclic) bond motifs is 1. The number of methoxy groups -OCH3 is 1. The minimum absolute atomic E-state index is 0.552. The number of alkyl halides is 3. The molecule has 0 aliphatic rings. The van der Waals surface area contributed by atoms with Crippen LogP contribution in [-0.2, 0) is 4.79 Å². The quantitative estimate of drug-likeness (QED) is 0.690. The predicted molar refractivity (Wildman–Crippen MR) is 86.8 cm³/mol. The van der Waals surface area contributed by atoms with Crippen LogP contribution in [0.4, 0.5) is 24.7 Å². The van der Waals surface area contributed by atoms with Gasteiger partial charge in [0.25, 0.3) is 0 Å². The van der Waals surface area contributed by atoms with Crippen molar-refractivity contribution in [3.63, 3.8) is 0 Å². The summed E-state index contributed by atoms with van der Waals surface area (Å²) >= 11 is 5.97. The average Bonchev–Trinajstić information content (AvgIpc) is 2.99. The molecule has 0 spiro atoms. The van der Waals surface area contributed by atoms with Crippen LogP contribution in [0.3, 0.4) is 0 Å². The molecule has 138 valence electrons. The zero-order valence-corrected chi connectivity index (χ0v) is 13.8. The van der Waals surface area contributed by atoms with E-state index < -0.39 is 12.1 Å². The molecule has 3 aromatic rings. The number of nitrogens with zero attached hydrogens (tertiary/aromatic N) is 2. The maximum Gasteiger partial charge on any atom is 0.490 e. The second-order valence-corrected chi connectivity index (χ2v) is 5.07. The highest BCUT2D eigenvalue weighted by Gasteiger charge is 2.38. The molecule has 2 heterocycles. The van der Waals surface area contributed by atoms with Crippen LogP contribution < -0.4 is 10.1 Å². The number of carboxylic acids is 1. The molecule has 26 heavy (non-hydrogen) atoms. The summed E-state index contributed by atoms with van der Waals surface area (Å²) in [6, 6.07) is 8.96. The lowest BCUT2D eigenvalue weighted by atomic mass is 10.3. The zero-order chi connectivity index (χ0) is 19.3. The molecule has 0 saturated carbocycles. The van der Waals surface area contributed by atoms with Gasteiger partial charge in [0.1, 0.15) is 5.75 Å². The normalized spacial score (nSPS) is 10.8. The smallest absolute Gasteiger partial charge is 0.490 e. The molecule has 1 aromatic carbocycles. The Labute approximate surface area is 149 Å². The summed E-state index contributed by atoms with van der Waals surface area (Å²) in [5, 5.41) is 14.7. The summed E-state index contributed by atoms with van der Waals surface area (Å²) in [7, 11) is 1.57. The average molecular weight is 390 g/mol. The molecule has 7 nitrogen and oxygen atoms in total. The Balaban J connectivity index is 0.000000298. The maximum atomic E-state index is 10.6. The van der Waals surface area contributed by atoms with Crippen LogP contribution in [0.5, 0.6) is 5.75 Å². The van der Waals surface area contributed by atoms with Crippen LogP contribution in [0, 0.1) is 0 Å². The Morgan fingerprint density at radius 3 is 2.65 bits per heavy atom. The van der Waals surface area contributed by atoms with E-state index in [0.29, 0.717) is 27.7 Å². The fourth-order valence-corrected chi connectivity index (χ4v) is 1.93. The number of pyridine rings is 1. The first-order valence-corrected chi connectivity index (χ1v) is 7.21. The van der Waals surface area contributed by atoms with Crippen molar-refractivity contribution < 1.29 is 32.3 Å². The molecular weight excluding hydrogens is 379 g/mol. The second kappa shape index (κ2) is 7.91. The first kappa shape index (κ1) is 19.3. The van der Waals surface area contributed by atoms with Crippen LogP contribution >= 0.6 is 11.6 Å². The van der Waals surface area contributed by atoms with Gasteiger partial charge in [-0.25, -0.2) is 9.78 Å². The number of aromatic nitrogens is 2. The van der Waals surface area contributed by atoms with Gasteiger partial charge in [-0.2, -0.15) is 13.2 Å². The van der Waals surface area contributed by atoms with E-state index in [0.717, 1.165) is 5.69 Å². The van der Waals surface area contributed by atoms with Crippen molar-refractivity contribution in [2.75, 3.05) is 12.4 Å². The lowest BCUT2D eigenvalue weighted by molar-refractivity contribution is -0.192. The van der Waals surface area contributed by atoms with E-state index in [1.54, 1.807) is 31.5 Å². The van der Waals surface area contributed by atoms with E-state index in [4.69, 9.17) is 30.8 Å². The number of aliphatic carboxylic acids is 1. The van der Waals surface area contributed by atoms with E-state index in [1.807, 2.05) is 12.1 Å².